The third-order valence-electron chi connectivity index (χ3n) is 4.37. The molecule has 1 aromatic heterocycles. The second-order valence-corrected chi connectivity index (χ2v) is 6.98. The Labute approximate surface area is 157 Å². The second-order valence-electron chi connectivity index (χ2n) is 6.98. The van der Waals surface area contributed by atoms with Crippen molar-refractivity contribution >= 4 is 28.7 Å². The Balaban J connectivity index is 2.15. The largest absolute Gasteiger partial charge is 0.480 e. The van der Waals surface area contributed by atoms with Crippen molar-refractivity contribution < 1.29 is 19.5 Å². The number of aromatic nitrogens is 1. The summed E-state index contributed by atoms with van der Waals surface area (Å²) in [7, 11) is 0. The number of amides is 2. The second kappa shape index (κ2) is 8.68. The van der Waals surface area contributed by atoms with Gasteiger partial charge in [-0.25, -0.2) is 4.79 Å². The average molecular weight is 374 g/mol. The molecule has 0 radical (unpaired) electrons. The van der Waals surface area contributed by atoms with E-state index in [9.17, 15) is 19.5 Å². The zero-order chi connectivity index (χ0) is 20.1. The highest BCUT2D eigenvalue weighted by molar-refractivity contribution is 5.92. The maximum absolute atomic E-state index is 12.6. The summed E-state index contributed by atoms with van der Waals surface area (Å²) in [6.07, 6.45) is 1.86. The monoisotopic (exact) mass is 374 g/mol. The number of rotatable bonds is 8. The minimum Gasteiger partial charge on any atom is -0.480 e. The van der Waals surface area contributed by atoms with E-state index in [0.717, 1.165) is 16.5 Å². The van der Waals surface area contributed by atoms with Gasteiger partial charge in [-0.2, -0.15) is 0 Å². The number of carboxylic acid groups (broad SMARTS) is 1. The first-order valence-electron chi connectivity index (χ1n) is 8.84. The molecule has 6 N–H and O–H groups in total. The zero-order valence-corrected chi connectivity index (χ0v) is 15.7. The van der Waals surface area contributed by atoms with Gasteiger partial charge in [0.1, 0.15) is 12.1 Å². The van der Waals surface area contributed by atoms with Crippen LogP contribution in [0.1, 0.15) is 26.3 Å². The predicted molar refractivity (Wildman–Crippen MR) is 102 cm³/mol. The van der Waals surface area contributed by atoms with E-state index in [-0.39, 0.29) is 12.3 Å². The Morgan fingerprint density at radius 2 is 1.78 bits per heavy atom. The zero-order valence-electron chi connectivity index (χ0n) is 15.7. The summed E-state index contributed by atoms with van der Waals surface area (Å²) in [5, 5.41) is 15.6. The number of carbonyl (C=O) groups is 3. The minimum absolute atomic E-state index is 0.122. The molecule has 1 heterocycles. The number of fused-ring (bicyclic) bond motifs is 1. The van der Waals surface area contributed by atoms with Gasteiger partial charge in [-0.05, 0) is 24.5 Å². The minimum atomic E-state index is -1.14. The number of aromatic amines is 1. The van der Waals surface area contributed by atoms with E-state index >= 15 is 0 Å². The van der Waals surface area contributed by atoms with E-state index in [1.54, 1.807) is 20.0 Å². The SMILES string of the molecule is CC(N)C(=O)NC(C(=O)NC(Cc1c[nH]c2ccccc12)C(=O)O)C(C)C. The number of nitrogens with one attached hydrogen (secondary N) is 3. The lowest BCUT2D eigenvalue weighted by molar-refractivity contribution is -0.142. The number of H-pyrrole nitrogens is 1. The van der Waals surface area contributed by atoms with Crippen molar-refractivity contribution in [3.63, 3.8) is 0 Å². The molecule has 0 saturated carbocycles. The third-order valence-corrected chi connectivity index (χ3v) is 4.37. The first-order valence-corrected chi connectivity index (χ1v) is 8.84. The first kappa shape index (κ1) is 20.4. The van der Waals surface area contributed by atoms with Crippen LogP contribution >= 0.6 is 0 Å². The molecule has 0 bridgehead atoms. The van der Waals surface area contributed by atoms with E-state index < -0.39 is 35.9 Å². The van der Waals surface area contributed by atoms with Gasteiger partial charge in [-0.15, -0.1) is 0 Å². The Morgan fingerprint density at radius 3 is 2.37 bits per heavy atom. The highest BCUT2D eigenvalue weighted by Gasteiger charge is 2.29. The quantitative estimate of drug-likeness (QED) is 0.465. The summed E-state index contributed by atoms with van der Waals surface area (Å²) in [5.41, 5.74) is 7.22. The van der Waals surface area contributed by atoms with Crippen molar-refractivity contribution in [2.75, 3.05) is 0 Å². The Bertz CT molecular complexity index is 828. The third kappa shape index (κ3) is 5.07. The van der Waals surface area contributed by atoms with Crippen LogP contribution in [0.3, 0.4) is 0 Å². The molecule has 0 aliphatic carbocycles. The number of aliphatic carboxylic acids is 1. The lowest BCUT2D eigenvalue weighted by atomic mass is 10.0. The molecular formula is C19H26N4O4. The molecule has 2 rings (SSSR count). The summed E-state index contributed by atoms with van der Waals surface area (Å²) >= 11 is 0. The number of para-hydroxylation sites is 1. The first-order chi connectivity index (χ1) is 12.7. The van der Waals surface area contributed by atoms with Crippen LogP contribution in [-0.4, -0.2) is 46.0 Å². The molecule has 2 amide bonds. The summed E-state index contributed by atoms with van der Waals surface area (Å²) in [6, 6.07) is 4.78. The molecule has 0 aliphatic heterocycles. The number of hydrogen-bond acceptors (Lipinski definition) is 4. The molecule has 0 saturated heterocycles. The Morgan fingerprint density at radius 1 is 1.11 bits per heavy atom. The average Bonchev–Trinajstić information content (AvgIpc) is 3.01. The fraction of sp³-hybridized carbons (Fsp3) is 0.421. The number of carboxylic acids is 1. The fourth-order valence-corrected chi connectivity index (χ4v) is 2.80. The van der Waals surface area contributed by atoms with Gasteiger partial charge >= 0.3 is 5.97 Å². The van der Waals surface area contributed by atoms with Crippen LogP contribution in [0, 0.1) is 5.92 Å². The van der Waals surface area contributed by atoms with Gasteiger partial charge in [0.15, 0.2) is 0 Å². The molecule has 2 aromatic rings. The number of nitrogens with two attached hydrogens (primary N) is 1. The van der Waals surface area contributed by atoms with Crippen molar-refractivity contribution in [1.29, 1.82) is 0 Å². The highest BCUT2D eigenvalue weighted by Crippen LogP contribution is 2.19. The number of carbonyl (C=O) groups excluding carboxylic acids is 2. The summed E-state index contributed by atoms with van der Waals surface area (Å²) < 4.78 is 0. The predicted octanol–water partition coefficient (Wildman–Crippen LogP) is 0.768. The van der Waals surface area contributed by atoms with Crippen LogP contribution in [0.25, 0.3) is 10.9 Å². The summed E-state index contributed by atoms with van der Waals surface area (Å²) in [5.74, 6) is -2.39. The maximum atomic E-state index is 12.6. The van der Waals surface area contributed by atoms with E-state index in [4.69, 9.17) is 5.73 Å². The van der Waals surface area contributed by atoms with Crippen molar-refractivity contribution in [2.24, 2.45) is 11.7 Å². The van der Waals surface area contributed by atoms with Crippen LogP contribution in [-0.2, 0) is 20.8 Å². The molecule has 0 aliphatic rings. The number of hydrogen-bond donors (Lipinski definition) is 5. The van der Waals surface area contributed by atoms with Crippen LogP contribution in [0.2, 0.25) is 0 Å². The van der Waals surface area contributed by atoms with Crippen LogP contribution in [0.4, 0.5) is 0 Å². The van der Waals surface area contributed by atoms with Crippen molar-refractivity contribution in [1.82, 2.24) is 15.6 Å². The van der Waals surface area contributed by atoms with Gasteiger partial charge < -0.3 is 26.5 Å². The lowest BCUT2D eigenvalue weighted by Crippen LogP contribution is -2.56. The number of benzene rings is 1. The van der Waals surface area contributed by atoms with Crippen LogP contribution < -0.4 is 16.4 Å². The summed E-state index contributed by atoms with van der Waals surface area (Å²) in [4.78, 5) is 39.2. The van der Waals surface area contributed by atoms with Gasteiger partial charge in [-0.1, -0.05) is 32.0 Å². The van der Waals surface area contributed by atoms with Gasteiger partial charge in [-0.3, -0.25) is 9.59 Å². The highest BCUT2D eigenvalue weighted by atomic mass is 16.4. The van der Waals surface area contributed by atoms with Crippen LogP contribution in [0.15, 0.2) is 30.5 Å². The molecule has 8 heteroatoms. The van der Waals surface area contributed by atoms with Crippen molar-refractivity contribution in [2.45, 2.75) is 45.3 Å². The molecule has 3 unspecified atom stereocenters. The van der Waals surface area contributed by atoms with E-state index in [0.29, 0.717) is 0 Å². The molecule has 0 spiro atoms. The van der Waals surface area contributed by atoms with Crippen molar-refractivity contribution in [3.05, 3.63) is 36.0 Å². The van der Waals surface area contributed by atoms with Crippen molar-refractivity contribution in [3.8, 4) is 0 Å². The molecule has 3 atom stereocenters. The lowest BCUT2D eigenvalue weighted by Gasteiger charge is -2.24. The van der Waals surface area contributed by atoms with Crippen LogP contribution in [0.5, 0.6) is 0 Å². The fourth-order valence-electron chi connectivity index (χ4n) is 2.80. The molecule has 0 fully saturated rings. The Hall–Kier alpha value is -2.87. The summed E-state index contributed by atoms with van der Waals surface area (Å²) in [6.45, 7) is 5.05. The maximum Gasteiger partial charge on any atom is 0.326 e. The van der Waals surface area contributed by atoms with Gasteiger partial charge in [0.2, 0.25) is 11.8 Å². The topological polar surface area (TPSA) is 137 Å². The van der Waals surface area contributed by atoms with Gasteiger partial charge in [0.05, 0.1) is 6.04 Å². The molecule has 27 heavy (non-hydrogen) atoms. The van der Waals surface area contributed by atoms with E-state index in [1.807, 2.05) is 24.3 Å². The Kier molecular flexibility index (Phi) is 6.57. The molecule has 1 aromatic carbocycles. The smallest absolute Gasteiger partial charge is 0.326 e. The van der Waals surface area contributed by atoms with E-state index in [1.165, 1.54) is 6.92 Å². The standard InChI is InChI=1S/C19H26N4O4/c1-10(2)16(23-17(24)11(3)20)18(25)22-15(19(26)27)8-12-9-21-14-7-5-4-6-13(12)14/h4-7,9-11,15-16,21H,8,20H2,1-3H3,(H,22,25)(H,23,24)(H,26,27). The molecular weight excluding hydrogens is 348 g/mol. The molecule has 146 valence electrons. The van der Waals surface area contributed by atoms with Gasteiger partial charge in [0.25, 0.3) is 0 Å². The van der Waals surface area contributed by atoms with Gasteiger partial charge in [0, 0.05) is 23.5 Å². The molecule has 8 nitrogen and oxygen atoms in total. The van der Waals surface area contributed by atoms with E-state index in [2.05, 4.69) is 15.6 Å². The normalized spacial score (nSPS) is 14.6.